The molecular formula is C20H23ClN2O5S. The highest BCUT2D eigenvalue weighted by atomic mass is 35.5. The van der Waals surface area contributed by atoms with Gasteiger partial charge in [0.25, 0.3) is 5.91 Å². The zero-order chi connectivity index (χ0) is 20.8. The maximum absolute atomic E-state index is 12.6. The fraction of sp³-hybridized carbons (Fsp3) is 0.400. The third kappa shape index (κ3) is 5.83. The first-order valence-electron chi connectivity index (χ1n) is 9.35. The Kier molecular flexibility index (Phi) is 7.33. The maximum Gasteiger partial charge on any atom is 0.409 e. The second-order valence-electron chi connectivity index (χ2n) is 6.60. The summed E-state index contributed by atoms with van der Waals surface area (Å²) in [5.74, 6) is 1.06. The predicted molar refractivity (Wildman–Crippen MR) is 110 cm³/mol. The molecule has 0 aliphatic carbocycles. The van der Waals surface area contributed by atoms with E-state index in [4.69, 9.17) is 20.8 Å². The topological polar surface area (TPSA) is 80.1 Å². The van der Waals surface area contributed by atoms with Gasteiger partial charge in [0.1, 0.15) is 5.76 Å². The molecule has 0 spiro atoms. The van der Waals surface area contributed by atoms with Crippen LogP contribution in [0.3, 0.4) is 0 Å². The molecule has 1 unspecified atom stereocenters. The lowest BCUT2D eigenvalue weighted by Crippen LogP contribution is -2.50. The molecular weight excluding hydrogens is 416 g/mol. The van der Waals surface area contributed by atoms with Gasteiger partial charge >= 0.3 is 6.09 Å². The van der Waals surface area contributed by atoms with E-state index < -0.39 is 10.8 Å². The normalized spacial score (nSPS) is 15.2. The highest BCUT2D eigenvalue weighted by Crippen LogP contribution is 2.17. The summed E-state index contributed by atoms with van der Waals surface area (Å²) >= 11 is 5.95. The molecule has 0 bridgehead atoms. The van der Waals surface area contributed by atoms with Crippen molar-refractivity contribution in [3.05, 3.63) is 58.5 Å². The fourth-order valence-corrected chi connectivity index (χ4v) is 4.39. The van der Waals surface area contributed by atoms with Gasteiger partial charge in [-0.25, -0.2) is 4.79 Å². The molecule has 3 rings (SSSR count). The number of carbonyl (C=O) groups is 2. The molecule has 1 atom stereocenters. The lowest BCUT2D eigenvalue weighted by molar-refractivity contribution is 0.0545. The van der Waals surface area contributed by atoms with Gasteiger partial charge in [-0.15, -0.1) is 0 Å². The molecule has 1 aromatic heterocycles. The number of benzene rings is 1. The summed E-state index contributed by atoms with van der Waals surface area (Å²) in [7, 11) is -1.18. The summed E-state index contributed by atoms with van der Waals surface area (Å²) < 4.78 is 23.0. The maximum atomic E-state index is 12.6. The van der Waals surface area contributed by atoms with Crippen LogP contribution in [0.2, 0.25) is 5.02 Å². The number of nitrogens with zero attached hydrogens (tertiary/aromatic N) is 2. The monoisotopic (exact) mass is 438 g/mol. The number of carbonyl (C=O) groups excluding carboxylic acids is 2. The number of amides is 2. The van der Waals surface area contributed by atoms with Crippen molar-refractivity contribution in [1.82, 2.24) is 9.80 Å². The quantitative estimate of drug-likeness (QED) is 0.691. The lowest BCUT2D eigenvalue weighted by atomic mass is 10.2. The van der Waals surface area contributed by atoms with Gasteiger partial charge in [-0.2, -0.15) is 0 Å². The van der Waals surface area contributed by atoms with Crippen LogP contribution >= 0.6 is 11.6 Å². The number of hydrogen-bond acceptors (Lipinski definition) is 5. The molecule has 9 heteroatoms. The van der Waals surface area contributed by atoms with Crippen LogP contribution in [0.5, 0.6) is 0 Å². The molecule has 156 valence electrons. The van der Waals surface area contributed by atoms with Crippen LogP contribution in [0.4, 0.5) is 4.79 Å². The SMILES string of the molecule is CCOC(=O)N1CCN(C(=O)c2ccc(CS(=O)Cc3cccc(Cl)c3)o2)CC1. The lowest BCUT2D eigenvalue weighted by Gasteiger charge is -2.33. The van der Waals surface area contributed by atoms with Gasteiger partial charge in [-0.1, -0.05) is 23.7 Å². The van der Waals surface area contributed by atoms with E-state index in [0.29, 0.717) is 49.3 Å². The molecule has 2 heterocycles. The number of halogens is 1. The van der Waals surface area contributed by atoms with Crippen LogP contribution in [-0.4, -0.2) is 58.8 Å². The highest BCUT2D eigenvalue weighted by molar-refractivity contribution is 7.83. The van der Waals surface area contributed by atoms with Gasteiger partial charge in [-0.3, -0.25) is 9.00 Å². The second kappa shape index (κ2) is 9.93. The van der Waals surface area contributed by atoms with E-state index in [0.717, 1.165) is 5.56 Å². The van der Waals surface area contributed by atoms with Crippen LogP contribution in [0.1, 0.15) is 28.8 Å². The Labute approximate surface area is 177 Å². The van der Waals surface area contributed by atoms with Gasteiger partial charge in [0.15, 0.2) is 5.76 Å². The zero-order valence-corrected chi connectivity index (χ0v) is 17.7. The molecule has 1 aliphatic rings. The molecule has 2 amide bonds. The first kappa shape index (κ1) is 21.4. The average molecular weight is 439 g/mol. The van der Waals surface area contributed by atoms with Crippen molar-refractivity contribution in [3.8, 4) is 0 Å². The summed E-state index contributed by atoms with van der Waals surface area (Å²) in [6.45, 7) is 3.74. The van der Waals surface area contributed by atoms with E-state index in [1.54, 1.807) is 41.0 Å². The molecule has 0 radical (unpaired) electrons. The van der Waals surface area contributed by atoms with Crippen molar-refractivity contribution in [2.24, 2.45) is 0 Å². The fourth-order valence-electron chi connectivity index (χ4n) is 3.06. The molecule has 1 fully saturated rings. The second-order valence-corrected chi connectivity index (χ2v) is 8.50. The van der Waals surface area contributed by atoms with E-state index in [9.17, 15) is 13.8 Å². The van der Waals surface area contributed by atoms with Gasteiger partial charge in [0.05, 0.1) is 12.4 Å². The van der Waals surface area contributed by atoms with Gasteiger partial charge < -0.3 is 19.0 Å². The van der Waals surface area contributed by atoms with E-state index in [-0.39, 0.29) is 23.5 Å². The van der Waals surface area contributed by atoms with Gasteiger partial charge in [0, 0.05) is 47.8 Å². The van der Waals surface area contributed by atoms with E-state index >= 15 is 0 Å². The number of rotatable bonds is 6. The number of piperazine rings is 1. The smallest absolute Gasteiger partial charge is 0.409 e. The number of hydrogen-bond donors (Lipinski definition) is 0. The van der Waals surface area contributed by atoms with Crippen LogP contribution in [0, 0.1) is 0 Å². The van der Waals surface area contributed by atoms with Gasteiger partial charge in [0.2, 0.25) is 0 Å². The average Bonchev–Trinajstić information content (AvgIpc) is 3.16. The van der Waals surface area contributed by atoms with Crippen LogP contribution in [-0.2, 0) is 27.0 Å². The summed E-state index contributed by atoms with van der Waals surface area (Å²) in [6, 6.07) is 10.5. The van der Waals surface area contributed by atoms with Gasteiger partial charge in [-0.05, 0) is 36.8 Å². The molecule has 1 aromatic carbocycles. The van der Waals surface area contributed by atoms with Crippen LogP contribution in [0.15, 0.2) is 40.8 Å². The molecule has 2 aromatic rings. The third-order valence-corrected chi connectivity index (χ3v) is 5.98. The van der Waals surface area contributed by atoms with Crippen LogP contribution in [0.25, 0.3) is 0 Å². The zero-order valence-electron chi connectivity index (χ0n) is 16.1. The summed E-state index contributed by atoms with van der Waals surface area (Å²) in [5.41, 5.74) is 0.887. The van der Waals surface area contributed by atoms with Crippen molar-refractivity contribution in [1.29, 1.82) is 0 Å². The minimum absolute atomic E-state index is 0.212. The Bertz CT molecular complexity index is 893. The summed E-state index contributed by atoms with van der Waals surface area (Å²) in [4.78, 5) is 27.6. The standard InChI is InChI=1S/C20H23ClN2O5S/c1-2-27-20(25)23-10-8-22(9-11-23)19(24)18-7-6-17(28-18)14-29(26)13-15-4-3-5-16(21)12-15/h3-7,12H,2,8-11,13-14H2,1H3. The van der Waals surface area contributed by atoms with E-state index in [2.05, 4.69) is 0 Å². The number of furan rings is 1. The molecule has 29 heavy (non-hydrogen) atoms. The predicted octanol–water partition coefficient (Wildman–Crippen LogP) is 3.30. The molecule has 0 N–H and O–H groups in total. The summed E-state index contributed by atoms with van der Waals surface area (Å²) in [5, 5.41) is 0.605. The van der Waals surface area contributed by atoms with E-state index in [1.165, 1.54) is 0 Å². The van der Waals surface area contributed by atoms with Crippen molar-refractivity contribution in [3.63, 3.8) is 0 Å². The first-order valence-corrected chi connectivity index (χ1v) is 11.2. The Morgan fingerprint density at radius 3 is 2.52 bits per heavy atom. The van der Waals surface area contributed by atoms with Crippen molar-refractivity contribution in [2.75, 3.05) is 32.8 Å². The third-order valence-electron chi connectivity index (χ3n) is 4.49. The molecule has 1 saturated heterocycles. The van der Waals surface area contributed by atoms with Crippen LogP contribution < -0.4 is 0 Å². The number of ether oxygens (including phenoxy) is 1. The molecule has 7 nitrogen and oxygen atoms in total. The Morgan fingerprint density at radius 1 is 1.10 bits per heavy atom. The Morgan fingerprint density at radius 2 is 1.83 bits per heavy atom. The summed E-state index contributed by atoms with van der Waals surface area (Å²) in [6.07, 6.45) is -0.359. The minimum atomic E-state index is -1.18. The van der Waals surface area contributed by atoms with Crippen molar-refractivity contribution >= 4 is 34.4 Å². The van der Waals surface area contributed by atoms with Crippen molar-refractivity contribution < 1.29 is 23.0 Å². The molecule has 0 saturated carbocycles. The van der Waals surface area contributed by atoms with E-state index in [1.807, 2.05) is 12.1 Å². The minimum Gasteiger partial charge on any atom is -0.455 e. The molecule has 1 aliphatic heterocycles. The Hall–Kier alpha value is -2.32. The largest absolute Gasteiger partial charge is 0.455 e. The Balaban J connectivity index is 1.52. The highest BCUT2D eigenvalue weighted by Gasteiger charge is 2.27. The first-order chi connectivity index (χ1) is 14.0. The van der Waals surface area contributed by atoms with Crippen molar-refractivity contribution in [2.45, 2.75) is 18.4 Å².